The maximum atomic E-state index is 14.9. The lowest BCUT2D eigenvalue weighted by molar-refractivity contribution is -0.122. The van der Waals surface area contributed by atoms with Crippen LogP contribution in [-0.4, -0.2) is 95.6 Å². The predicted octanol–water partition coefficient (Wildman–Crippen LogP) is 5.52. The number of ether oxygens (including phenoxy) is 4. The Morgan fingerprint density at radius 3 is 1.95 bits per heavy atom. The van der Waals surface area contributed by atoms with E-state index in [0.29, 0.717) is 59.2 Å². The molecule has 10 nitrogen and oxygen atoms in total. The van der Waals surface area contributed by atoms with Crippen molar-refractivity contribution < 1.29 is 28.5 Å². The minimum Gasteiger partial charge on any atom is -0.456 e. The summed E-state index contributed by atoms with van der Waals surface area (Å²) in [7, 11) is 0. The van der Waals surface area contributed by atoms with Crippen LogP contribution in [0, 0.1) is 12.3 Å². The number of anilines is 2. The maximum Gasteiger partial charge on any atom is 0.255 e. The molecule has 0 fully saturated rings. The normalized spacial score (nSPS) is 18.2. The van der Waals surface area contributed by atoms with Crippen LogP contribution in [0.5, 0.6) is 11.5 Å². The van der Waals surface area contributed by atoms with Crippen LogP contribution < -0.4 is 19.9 Å². The van der Waals surface area contributed by atoms with E-state index in [-0.39, 0.29) is 18.2 Å². The smallest absolute Gasteiger partial charge is 0.255 e. The van der Waals surface area contributed by atoms with E-state index in [0.717, 1.165) is 111 Å². The Morgan fingerprint density at radius 1 is 0.764 bits per heavy atom. The number of aryl methyl sites for hydroxylation is 2. The molecular formula is C45H52N4O6. The second kappa shape index (κ2) is 15.5. The van der Waals surface area contributed by atoms with E-state index in [1.807, 2.05) is 12.1 Å². The lowest BCUT2D eigenvalue weighted by Gasteiger charge is -2.49. The zero-order valence-corrected chi connectivity index (χ0v) is 31.9. The number of benzene rings is 3. The fourth-order valence-electron chi connectivity index (χ4n) is 10.2. The predicted molar refractivity (Wildman–Crippen MR) is 212 cm³/mol. The molecule has 0 radical (unpaired) electrons. The second-order valence-electron chi connectivity index (χ2n) is 15.6. The van der Waals surface area contributed by atoms with E-state index >= 15 is 0 Å². The third-order valence-corrected chi connectivity index (χ3v) is 12.4. The van der Waals surface area contributed by atoms with Gasteiger partial charge in [0.2, 0.25) is 5.91 Å². The molecule has 1 N–H and O–H groups in total. The van der Waals surface area contributed by atoms with Gasteiger partial charge in [-0.3, -0.25) is 9.59 Å². The van der Waals surface area contributed by atoms with E-state index in [1.54, 1.807) is 0 Å². The van der Waals surface area contributed by atoms with E-state index in [2.05, 4.69) is 50.2 Å². The molecule has 0 saturated carbocycles. The molecule has 0 bridgehead atoms. The number of nitrogens with zero attached hydrogens (tertiary/aromatic N) is 3. The van der Waals surface area contributed by atoms with Crippen LogP contribution in [0.25, 0.3) is 0 Å². The summed E-state index contributed by atoms with van der Waals surface area (Å²) in [5.41, 5.74) is 11.0. The van der Waals surface area contributed by atoms with Crippen LogP contribution in [0.2, 0.25) is 0 Å². The van der Waals surface area contributed by atoms with E-state index < -0.39 is 5.54 Å². The highest BCUT2D eigenvalue weighted by Gasteiger charge is 2.58. The van der Waals surface area contributed by atoms with Gasteiger partial charge in [0.15, 0.2) is 0 Å². The van der Waals surface area contributed by atoms with Crippen LogP contribution in [0.15, 0.2) is 36.4 Å². The molecule has 6 aliphatic heterocycles. The summed E-state index contributed by atoms with van der Waals surface area (Å²) in [6.45, 7) is 7.58. The molecule has 9 rings (SSSR count). The van der Waals surface area contributed by atoms with Gasteiger partial charge in [0, 0.05) is 91.3 Å². The number of rotatable bonds is 14. The Kier molecular flexibility index (Phi) is 10.2. The highest BCUT2D eigenvalue weighted by atomic mass is 16.5. The van der Waals surface area contributed by atoms with Crippen molar-refractivity contribution >= 4 is 23.2 Å². The summed E-state index contributed by atoms with van der Waals surface area (Å²) in [4.78, 5) is 35.2. The standard InChI is InChI=1S/C45H52N4O6/c1-2-3-23-52-25-27-54-28-26-53-24-16-39(50)46-17-22-49-44(51)33-12-4-5-15-36(33)45(49)37-29-31-10-6-18-47-20-8-13-34(40(31)47)42(37)55-43-35-14-9-21-48-19-7-11-32(41(35)48)30-38(43)45/h1,4-5,12,15,29-30H,3,6-11,13-14,16-28H2,(H,46,50). The van der Waals surface area contributed by atoms with Crippen molar-refractivity contribution in [2.24, 2.45) is 0 Å². The number of hydrogen-bond donors (Lipinski definition) is 1. The summed E-state index contributed by atoms with van der Waals surface area (Å²) in [5.74, 6) is 4.32. The van der Waals surface area contributed by atoms with Gasteiger partial charge in [0.05, 0.1) is 39.6 Å². The monoisotopic (exact) mass is 744 g/mol. The van der Waals surface area contributed by atoms with E-state index in [1.165, 1.54) is 33.6 Å². The summed E-state index contributed by atoms with van der Waals surface area (Å²) >= 11 is 0. The van der Waals surface area contributed by atoms with Crippen molar-refractivity contribution in [3.63, 3.8) is 0 Å². The van der Waals surface area contributed by atoms with Crippen molar-refractivity contribution in [2.75, 3.05) is 88.7 Å². The van der Waals surface area contributed by atoms with Gasteiger partial charge < -0.3 is 39.0 Å². The Labute approximate surface area is 324 Å². The molecule has 0 saturated heterocycles. The summed E-state index contributed by atoms with van der Waals surface area (Å²) < 4.78 is 24.0. The lowest BCUT2D eigenvalue weighted by atomic mass is 9.70. The average molecular weight is 745 g/mol. The first kappa shape index (κ1) is 36.1. The van der Waals surface area contributed by atoms with Crippen LogP contribution in [0.1, 0.15) is 87.8 Å². The molecule has 10 heteroatoms. The number of carbonyl (C=O) groups is 2. The van der Waals surface area contributed by atoms with Gasteiger partial charge in [-0.25, -0.2) is 0 Å². The van der Waals surface area contributed by atoms with Crippen LogP contribution in [-0.2, 0) is 50.2 Å². The zero-order chi connectivity index (χ0) is 37.4. The summed E-state index contributed by atoms with van der Waals surface area (Å²) in [6, 6.07) is 13.0. The Morgan fingerprint density at radius 2 is 1.33 bits per heavy atom. The molecule has 6 heterocycles. The van der Waals surface area contributed by atoms with Crippen molar-refractivity contribution in [3.05, 3.63) is 80.9 Å². The first-order valence-electron chi connectivity index (χ1n) is 20.5. The number of terminal acetylenes is 1. The second-order valence-corrected chi connectivity index (χ2v) is 15.6. The molecule has 55 heavy (non-hydrogen) atoms. The van der Waals surface area contributed by atoms with Crippen molar-refractivity contribution in [2.45, 2.75) is 69.7 Å². The summed E-state index contributed by atoms with van der Waals surface area (Å²) in [6.07, 6.45) is 14.4. The zero-order valence-electron chi connectivity index (χ0n) is 31.9. The van der Waals surface area contributed by atoms with Crippen LogP contribution >= 0.6 is 0 Å². The number of carbonyl (C=O) groups excluding carboxylic acids is 2. The third-order valence-electron chi connectivity index (χ3n) is 12.4. The number of fused-ring (bicyclic) bond motifs is 8. The molecule has 0 unspecified atom stereocenters. The van der Waals surface area contributed by atoms with Crippen LogP contribution in [0.3, 0.4) is 0 Å². The Bertz CT molecular complexity index is 1940. The molecule has 0 aromatic heterocycles. The topological polar surface area (TPSA) is 92.8 Å². The quantitative estimate of drug-likeness (QED) is 0.171. The van der Waals surface area contributed by atoms with Gasteiger partial charge in [0.1, 0.15) is 17.0 Å². The van der Waals surface area contributed by atoms with Gasteiger partial charge in [-0.1, -0.05) is 18.2 Å². The van der Waals surface area contributed by atoms with Gasteiger partial charge >= 0.3 is 0 Å². The minimum absolute atomic E-state index is 0.00517. The molecule has 1 spiro atoms. The Balaban J connectivity index is 1.02. The Hall–Kier alpha value is -4.56. The van der Waals surface area contributed by atoms with Crippen molar-refractivity contribution in [1.82, 2.24) is 10.2 Å². The number of nitrogens with one attached hydrogen (secondary N) is 1. The SMILES string of the molecule is C#CCCOCCOCCOCCC(=O)NCCN1C(=O)c2ccccc2C12c1cc3c4c(c1Oc1c2cc2c5c1CCCN5CCC2)CCCN4CCC3. The van der Waals surface area contributed by atoms with Crippen molar-refractivity contribution in [3.8, 4) is 23.8 Å². The highest BCUT2D eigenvalue weighted by molar-refractivity contribution is 6.03. The molecule has 0 aliphatic carbocycles. The fourth-order valence-corrected chi connectivity index (χ4v) is 10.2. The third kappa shape index (κ3) is 6.25. The maximum absolute atomic E-state index is 14.9. The van der Waals surface area contributed by atoms with Gasteiger partial charge in [-0.2, -0.15) is 0 Å². The molecule has 2 amide bonds. The van der Waals surface area contributed by atoms with Gasteiger partial charge in [0.25, 0.3) is 5.91 Å². The first-order chi connectivity index (χ1) is 27.1. The lowest BCUT2D eigenvalue weighted by Crippen LogP contribution is -2.51. The molecule has 3 aromatic carbocycles. The molecule has 288 valence electrons. The van der Waals surface area contributed by atoms with E-state index in [4.69, 9.17) is 25.4 Å². The minimum atomic E-state index is -0.882. The van der Waals surface area contributed by atoms with Crippen LogP contribution in [0.4, 0.5) is 11.4 Å². The van der Waals surface area contributed by atoms with Gasteiger partial charge in [-0.05, 0) is 86.3 Å². The van der Waals surface area contributed by atoms with Gasteiger partial charge in [-0.15, -0.1) is 12.3 Å². The first-order valence-corrected chi connectivity index (χ1v) is 20.5. The van der Waals surface area contributed by atoms with E-state index in [9.17, 15) is 9.59 Å². The molecule has 3 aromatic rings. The number of amides is 2. The average Bonchev–Trinajstić information content (AvgIpc) is 3.45. The molecular weight excluding hydrogens is 693 g/mol. The van der Waals surface area contributed by atoms with Crippen molar-refractivity contribution in [1.29, 1.82) is 0 Å². The largest absolute Gasteiger partial charge is 0.456 e. The molecule has 0 atom stereocenters. The molecule has 6 aliphatic rings. The fraction of sp³-hybridized carbons (Fsp3) is 0.511. The highest BCUT2D eigenvalue weighted by Crippen LogP contribution is 2.62. The number of hydrogen-bond acceptors (Lipinski definition) is 8. The summed E-state index contributed by atoms with van der Waals surface area (Å²) in [5, 5.41) is 3.12.